The van der Waals surface area contributed by atoms with Crippen molar-refractivity contribution in [2.75, 3.05) is 7.11 Å². The third-order valence-corrected chi connectivity index (χ3v) is 4.77. The zero-order valence-corrected chi connectivity index (χ0v) is 15.4. The summed E-state index contributed by atoms with van der Waals surface area (Å²) in [5.41, 5.74) is 2.13. The molecule has 0 aliphatic heterocycles. The number of methoxy groups -OCH3 is 1. The predicted molar refractivity (Wildman–Crippen MR) is 111 cm³/mol. The summed E-state index contributed by atoms with van der Waals surface area (Å²) in [5.74, 6) is 0.669. The molecular weight excluding hydrogens is 358 g/mol. The molecule has 4 rings (SSSR count). The Morgan fingerprint density at radius 3 is 2.67 bits per heavy atom. The number of ether oxygens (including phenoxy) is 1. The summed E-state index contributed by atoms with van der Waals surface area (Å²) in [4.78, 5) is 17.1. The fraction of sp³-hybridized carbons (Fsp3) is 0.0435. The van der Waals surface area contributed by atoms with Gasteiger partial charge < -0.3 is 4.74 Å². The van der Waals surface area contributed by atoms with E-state index < -0.39 is 0 Å². The van der Waals surface area contributed by atoms with Crippen LogP contribution in [0.4, 0.5) is 0 Å². The number of allylic oxidation sites excluding steroid dienone is 1. The second-order valence-corrected chi connectivity index (χ2v) is 6.51. The van der Waals surface area contributed by atoms with Crippen LogP contribution in [0.15, 0.2) is 72.8 Å². The molecule has 3 aromatic carbocycles. The van der Waals surface area contributed by atoms with Gasteiger partial charge in [0, 0.05) is 16.5 Å². The average molecular weight is 374 g/mol. The topological polar surface area (TPSA) is 39.2 Å². The van der Waals surface area contributed by atoms with E-state index in [1.165, 1.54) is 6.08 Å². The Balaban J connectivity index is 1.71. The van der Waals surface area contributed by atoms with Gasteiger partial charge in [-0.15, -0.1) is 0 Å². The third-order valence-electron chi connectivity index (χ3n) is 4.47. The van der Waals surface area contributed by atoms with Crippen LogP contribution in [-0.4, -0.2) is 17.9 Å². The smallest absolute Gasteiger partial charge is 0.186 e. The van der Waals surface area contributed by atoms with Crippen LogP contribution in [0.2, 0.25) is 5.15 Å². The van der Waals surface area contributed by atoms with Crippen molar-refractivity contribution in [3.63, 3.8) is 0 Å². The van der Waals surface area contributed by atoms with E-state index in [0.29, 0.717) is 16.3 Å². The van der Waals surface area contributed by atoms with Crippen molar-refractivity contribution in [1.82, 2.24) is 4.98 Å². The van der Waals surface area contributed by atoms with Crippen LogP contribution >= 0.6 is 11.6 Å². The minimum atomic E-state index is -0.0754. The van der Waals surface area contributed by atoms with Crippen molar-refractivity contribution >= 4 is 45.1 Å². The Labute approximate surface area is 161 Å². The van der Waals surface area contributed by atoms with Gasteiger partial charge in [0.25, 0.3) is 0 Å². The summed E-state index contributed by atoms with van der Waals surface area (Å²) >= 11 is 6.30. The first-order valence-corrected chi connectivity index (χ1v) is 8.88. The van der Waals surface area contributed by atoms with Crippen molar-refractivity contribution in [3.8, 4) is 5.75 Å². The molecule has 1 aromatic heterocycles. The van der Waals surface area contributed by atoms with E-state index >= 15 is 0 Å². The van der Waals surface area contributed by atoms with Gasteiger partial charge in [-0.25, -0.2) is 4.98 Å². The number of rotatable bonds is 4. The van der Waals surface area contributed by atoms with Gasteiger partial charge in [-0.05, 0) is 47.2 Å². The highest BCUT2D eigenvalue weighted by Crippen LogP contribution is 2.26. The van der Waals surface area contributed by atoms with E-state index in [-0.39, 0.29) is 5.78 Å². The standard InChI is InChI=1S/C23H16ClNO2/c1-27-18-10-11-21-17(14-18)13-16(23(24)25-21)9-12-22(26)20-8-4-6-15-5-2-3-7-19(15)20/h2-14H,1H3/b12-9+. The Morgan fingerprint density at radius 2 is 1.81 bits per heavy atom. The Morgan fingerprint density at radius 1 is 1.00 bits per heavy atom. The number of nitrogens with zero attached hydrogens (tertiary/aromatic N) is 1. The number of hydrogen-bond acceptors (Lipinski definition) is 3. The normalized spacial score (nSPS) is 11.3. The minimum Gasteiger partial charge on any atom is -0.497 e. The van der Waals surface area contributed by atoms with Gasteiger partial charge >= 0.3 is 0 Å². The van der Waals surface area contributed by atoms with Crippen molar-refractivity contribution < 1.29 is 9.53 Å². The second-order valence-electron chi connectivity index (χ2n) is 6.15. The highest BCUT2D eigenvalue weighted by atomic mass is 35.5. The molecular formula is C23H16ClNO2. The Bertz CT molecular complexity index is 1190. The maximum atomic E-state index is 12.7. The maximum absolute atomic E-state index is 12.7. The molecule has 0 aliphatic carbocycles. The lowest BCUT2D eigenvalue weighted by Gasteiger charge is -2.05. The second kappa shape index (κ2) is 7.22. The highest BCUT2D eigenvalue weighted by Gasteiger charge is 2.08. The number of pyridine rings is 1. The van der Waals surface area contributed by atoms with Crippen molar-refractivity contribution in [1.29, 1.82) is 0 Å². The van der Waals surface area contributed by atoms with E-state index in [4.69, 9.17) is 16.3 Å². The summed E-state index contributed by atoms with van der Waals surface area (Å²) in [7, 11) is 1.62. The van der Waals surface area contributed by atoms with Crippen molar-refractivity contribution in [2.45, 2.75) is 0 Å². The van der Waals surface area contributed by atoms with E-state index in [0.717, 1.165) is 27.4 Å². The van der Waals surface area contributed by atoms with Gasteiger partial charge in [-0.2, -0.15) is 0 Å². The molecule has 0 bridgehead atoms. The molecule has 0 amide bonds. The number of carbonyl (C=O) groups is 1. The van der Waals surface area contributed by atoms with Crippen molar-refractivity contribution in [2.24, 2.45) is 0 Å². The summed E-state index contributed by atoms with van der Waals surface area (Å²) in [6.45, 7) is 0. The van der Waals surface area contributed by atoms with Crippen LogP contribution in [0, 0.1) is 0 Å². The molecule has 0 aliphatic rings. The van der Waals surface area contributed by atoms with E-state index in [2.05, 4.69) is 4.98 Å². The van der Waals surface area contributed by atoms with E-state index in [1.54, 1.807) is 13.2 Å². The molecule has 1 heterocycles. The average Bonchev–Trinajstić information content (AvgIpc) is 2.71. The van der Waals surface area contributed by atoms with Crippen LogP contribution in [-0.2, 0) is 0 Å². The number of ketones is 1. The molecule has 3 nitrogen and oxygen atoms in total. The molecule has 0 fully saturated rings. The van der Waals surface area contributed by atoms with Crippen molar-refractivity contribution in [3.05, 3.63) is 89.1 Å². The van der Waals surface area contributed by atoms with E-state index in [1.807, 2.05) is 66.7 Å². The fourth-order valence-electron chi connectivity index (χ4n) is 3.09. The summed E-state index contributed by atoms with van der Waals surface area (Å²) in [5, 5.41) is 3.22. The van der Waals surface area contributed by atoms with Gasteiger partial charge in [-0.3, -0.25) is 4.79 Å². The number of benzene rings is 3. The molecule has 0 N–H and O–H groups in total. The lowest BCUT2D eigenvalue weighted by Crippen LogP contribution is -1.95. The molecule has 0 atom stereocenters. The minimum absolute atomic E-state index is 0.0754. The van der Waals surface area contributed by atoms with Crippen LogP contribution in [0.1, 0.15) is 15.9 Å². The highest BCUT2D eigenvalue weighted by molar-refractivity contribution is 6.31. The molecule has 4 aromatic rings. The lowest BCUT2D eigenvalue weighted by atomic mass is 10.0. The quantitative estimate of drug-likeness (QED) is 0.252. The number of fused-ring (bicyclic) bond motifs is 2. The van der Waals surface area contributed by atoms with Crippen LogP contribution in [0.25, 0.3) is 27.8 Å². The first kappa shape index (κ1) is 17.3. The molecule has 132 valence electrons. The Hall–Kier alpha value is -3.17. The summed E-state index contributed by atoms with van der Waals surface area (Å²) < 4.78 is 5.26. The van der Waals surface area contributed by atoms with Gasteiger partial charge in [0.15, 0.2) is 5.78 Å². The van der Waals surface area contributed by atoms with Crippen LogP contribution in [0.3, 0.4) is 0 Å². The number of halogens is 1. The zero-order valence-electron chi connectivity index (χ0n) is 14.6. The number of aromatic nitrogens is 1. The zero-order chi connectivity index (χ0) is 18.8. The largest absolute Gasteiger partial charge is 0.497 e. The molecule has 4 heteroatoms. The summed E-state index contributed by atoms with van der Waals surface area (Å²) in [6.07, 6.45) is 3.25. The third kappa shape index (κ3) is 3.42. The SMILES string of the molecule is COc1ccc2nc(Cl)c(/C=C/C(=O)c3cccc4ccccc34)cc2c1. The van der Waals surface area contributed by atoms with Gasteiger partial charge in [-0.1, -0.05) is 54.1 Å². The molecule has 0 saturated heterocycles. The first-order chi connectivity index (χ1) is 13.2. The monoisotopic (exact) mass is 373 g/mol. The van der Waals surface area contributed by atoms with Gasteiger partial charge in [0.1, 0.15) is 10.9 Å². The fourth-order valence-corrected chi connectivity index (χ4v) is 3.30. The molecule has 0 unspecified atom stereocenters. The molecule has 0 radical (unpaired) electrons. The molecule has 27 heavy (non-hydrogen) atoms. The Kier molecular flexibility index (Phi) is 4.61. The maximum Gasteiger partial charge on any atom is 0.186 e. The first-order valence-electron chi connectivity index (χ1n) is 8.50. The molecule has 0 spiro atoms. The number of hydrogen-bond donors (Lipinski definition) is 0. The number of carbonyl (C=O) groups excluding carboxylic acids is 1. The van der Waals surface area contributed by atoms with Crippen LogP contribution in [0.5, 0.6) is 5.75 Å². The van der Waals surface area contributed by atoms with Crippen LogP contribution < -0.4 is 4.74 Å². The lowest BCUT2D eigenvalue weighted by molar-refractivity contribution is 0.104. The predicted octanol–water partition coefficient (Wildman–Crippen LogP) is 5.95. The molecule has 0 saturated carbocycles. The van der Waals surface area contributed by atoms with Gasteiger partial charge in [0.05, 0.1) is 12.6 Å². The van der Waals surface area contributed by atoms with E-state index in [9.17, 15) is 4.79 Å². The summed E-state index contributed by atoms with van der Waals surface area (Å²) in [6, 6.07) is 21.0. The van der Waals surface area contributed by atoms with Gasteiger partial charge in [0.2, 0.25) is 0 Å².